The smallest absolute Gasteiger partial charge is 0.159 e. The number of aliphatic hydroxyl groups is 2. The third-order valence-electron chi connectivity index (χ3n) is 3.69. The lowest BCUT2D eigenvalue weighted by Gasteiger charge is -2.36. The molecule has 1 atom stereocenters. The van der Waals surface area contributed by atoms with Gasteiger partial charge in [-0.3, -0.25) is 9.69 Å². The third kappa shape index (κ3) is 3.79. The van der Waals surface area contributed by atoms with E-state index in [9.17, 15) is 9.90 Å². The van der Waals surface area contributed by atoms with Crippen LogP contribution in [0.3, 0.4) is 0 Å². The van der Waals surface area contributed by atoms with E-state index in [1.807, 2.05) is 24.3 Å². The Labute approximate surface area is 119 Å². The van der Waals surface area contributed by atoms with E-state index in [1.54, 1.807) is 6.92 Å². The van der Waals surface area contributed by atoms with E-state index < -0.39 is 6.10 Å². The largest absolute Gasteiger partial charge is 0.394 e. The molecule has 0 radical (unpaired) electrons. The Morgan fingerprint density at radius 2 is 1.80 bits per heavy atom. The number of nitrogens with zero attached hydrogens (tertiary/aromatic N) is 2. The van der Waals surface area contributed by atoms with Gasteiger partial charge in [-0.2, -0.15) is 0 Å². The maximum Gasteiger partial charge on any atom is 0.159 e. The minimum absolute atomic E-state index is 0.0827. The number of β-amino-alcohol motifs (C(OH)–C–C–N with tert-alkyl or cyclic N) is 1. The molecule has 1 fully saturated rings. The first-order valence-corrected chi connectivity index (χ1v) is 6.97. The zero-order valence-electron chi connectivity index (χ0n) is 11.8. The van der Waals surface area contributed by atoms with Crippen molar-refractivity contribution < 1.29 is 15.0 Å². The van der Waals surface area contributed by atoms with E-state index >= 15 is 0 Å². The summed E-state index contributed by atoms with van der Waals surface area (Å²) in [6.07, 6.45) is -0.656. The highest BCUT2D eigenvalue weighted by atomic mass is 16.3. The number of rotatable bonds is 5. The number of carbonyl (C=O) groups excluding carboxylic acids is 1. The van der Waals surface area contributed by atoms with Crippen molar-refractivity contribution in [3.05, 3.63) is 29.8 Å². The van der Waals surface area contributed by atoms with Crippen LogP contribution in [0.2, 0.25) is 0 Å². The second-order valence-electron chi connectivity index (χ2n) is 5.23. The minimum Gasteiger partial charge on any atom is -0.394 e. The first-order valence-electron chi connectivity index (χ1n) is 6.97. The van der Waals surface area contributed by atoms with Gasteiger partial charge in [-0.25, -0.2) is 0 Å². The van der Waals surface area contributed by atoms with E-state index in [0.29, 0.717) is 6.54 Å². The molecule has 1 heterocycles. The Balaban J connectivity index is 1.88. The molecular formula is C15H22N2O3. The van der Waals surface area contributed by atoms with Crippen LogP contribution in [0.15, 0.2) is 24.3 Å². The Morgan fingerprint density at radius 1 is 1.20 bits per heavy atom. The third-order valence-corrected chi connectivity index (χ3v) is 3.69. The van der Waals surface area contributed by atoms with E-state index in [-0.39, 0.29) is 12.4 Å². The molecule has 1 saturated heterocycles. The first-order chi connectivity index (χ1) is 9.60. The predicted molar refractivity (Wildman–Crippen MR) is 78.2 cm³/mol. The van der Waals surface area contributed by atoms with Gasteiger partial charge >= 0.3 is 0 Å². The molecule has 1 aliphatic heterocycles. The van der Waals surface area contributed by atoms with E-state index in [2.05, 4.69) is 9.80 Å². The summed E-state index contributed by atoms with van der Waals surface area (Å²) in [5.41, 5.74) is 1.86. The van der Waals surface area contributed by atoms with Crippen molar-refractivity contribution in [2.24, 2.45) is 0 Å². The highest BCUT2D eigenvalue weighted by Crippen LogP contribution is 2.17. The molecule has 20 heavy (non-hydrogen) atoms. The topological polar surface area (TPSA) is 64.0 Å². The summed E-state index contributed by atoms with van der Waals surface area (Å²) in [5.74, 6) is 0.0827. The van der Waals surface area contributed by atoms with Gasteiger partial charge < -0.3 is 15.1 Å². The predicted octanol–water partition coefficient (Wildman–Crippen LogP) is 0.364. The Kier molecular flexibility index (Phi) is 5.11. The first kappa shape index (κ1) is 15.0. The summed E-state index contributed by atoms with van der Waals surface area (Å²) in [4.78, 5) is 15.7. The van der Waals surface area contributed by atoms with Gasteiger partial charge in [0.1, 0.15) is 0 Å². The molecule has 0 bridgehead atoms. The van der Waals surface area contributed by atoms with Crippen LogP contribution in [0.25, 0.3) is 0 Å². The molecule has 110 valence electrons. The molecular weight excluding hydrogens is 256 g/mol. The normalized spacial score (nSPS) is 18.1. The van der Waals surface area contributed by atoms with Crippen molar-refractivity contribution in [1.29, 1.82) is 0 Å². The molecule has 0 aromatic heterocycles. The summed E-state index contributed by atoms with van der Waals surface area (Å²) >= 11 is 0. The SMILES string of the molecule is CC(=O)c1ccc(N2CCN(CC(O)CO)CC2)cc1. The van der Waals surface area contributed by atoms with E-state index in [0.717, 1.165) is 37.4 Å². The van der Waals surface area contributed by atoms with Crippen LogP contribution in [-0.4, -0.2) is 66.3 Å². The number of ketones is 1. The van der Waals surface area contributed by atoms with Crippen LogP contribution in [0, 0.1) is 0 Å². The van der Waals surface area contributed by atoms with Gasteiger partial charge in [0.05, 0.1) is 12.7 Å². The highest BCUT2D eigenvalue weighted by molar-refractivity contribution is 5.94. The lowest BCUT2D eigenvalue weighted by molar-refractivity contribution is 0.0575. The van der Waals surface area contributed by atoms with Gasteiger partial charge in [0.2, 0.25) is 0 Å². The van der Waals surface area contributed by atoms with E-state index in [4.69, 9.17) is 5.11 Å². The maximum atomic E-state index is 11.2. The Bertz CT molecular complexity index is 439. The number of Topliss-reactive ketones (excluding diaryl/α,β-unsaturated/α-hetero) is 1. The van der Waals surface area contributed by atoms with Gasteiger partial charge in [0, 0.05) is 44.0 Å². The van der Waals surface area contributed by atoms with Crippen LogP contribution < -0.4 is 4.90 Å². The Morgan fingerprint density at radius 3 is 2.30 bits per heavy atom. The minimum atomic E-state index is -0.656. The fraction of sp³-hybridized carbons (Fsp3) is 0.533. The fourth-order valence-electron chi connectivity index (χ4n) is 2.45. The monoisotopic (exact) mass is 278 g/mol. The lowest BCUT2D eigenvalue weighted by Crippen LogP contribution is -2.49. The van der Waals surface area contributed by atoms with Crippen molar-refractivity contribution in [2.75, 3.05) is 44.2 Å². The maximum absolute atomic E-state index is 11.2. The molecule has 5 heteroatoms. The summed E-state index contributed by atoms with van der Waals surface area (Å²) < 4.78 is 0. The average Bonchev–Trinajstić information content (AvgIpc) is 2.48. The molecule has 0 aliphatic carbocycles. The van der Waals surface area contributed by atoms with Crippen molar-refractivity contribution in [3.8, 4) is 0 Å². The number of anilines is 1. The van der Waals surface area contributed by atoms with Gasteiger partial charge in [-0.15, -0.1) is 0 Å². The number of piperazine rings is 1. The van der Waals surface area contributed by atoms with E-state index in [1.165, 1.54) is 0 Å². The summed E-state index contributed by atoms with van der Waals surface area (Å²) in [7, 11) is 0. The van der Waals surface area contributed by atoms with Crippen LogP contribution >= 0.6 is 0 Å². The highest BCUT2D eigenvalue weighted by Gasteiger charge is 2.19. The second-order valence-corrected chi connectivity index (χ2v) is 5.23. The number of hydrogen-bond donors (Lipinski definition) is 2. The molecule has 1 unspecified atom stereocenters. The van der Waals surface area contributed by atoms with Gasteiger partial charge in [0.15, 0.2) is 5.78 Å². The van der Waals surface area contributed by atoms with Gasteiger partial charge in [0.25, 0.3) is 0 Å². The molecule has 1 aromatic carbocycles. The second kappa shape index (κ2) is 6.83. The van der Waals surface area contributed by atoms with Crippen molar-refractivity contribution >= 4 is 11.5 Å². The number of carbonyl (C=O) groups is 1. The molecule has 0 spiro atoms. The van der Waals surface area contributed by atoms with Gasteiger partial charge in [-0.05, 0) is 31.2 Å². The number of hydrogen-bond acceptors (Lipinski definition) is 5. The molecule has 5 nitrogen and oxygen atoms in total. The van der Waals surface area contributed by atoms with Crippen molar-refractivity contribution in [3.63, 3.8) is 0 Å². The lowest BCUT2D eigenvalue weighted by atomic mass is 10.1. The molecule has 0 saturated carbocycles. The summed E-state index contributed by atoms with van der Waals surface area (Å²) in [6, 6.07) is 7.68. The average molecular weight is 278 g/mol. The quantitative estimate of drug-likeness (QED) is 0.762. The van der Waals surface area contributed by atoms with Crippen LogP contribution in [0.4, 0.5) is 5.69 Å². The van der Waals surface area contributed by atoms with Crippen LogP contribution in [0.5, 0.6) is 0 Å². The summed E-state index contributed by atoms with van der Waals surface area (Å²) in [5, 5.41) is 18.3. The molecule has 2 N–H and O–H groups in total. The zero-order valence-corrected chi connectivity index (χ0v) is 11.8. The molecule has 1 aromatic rings. The molecule has 0 amide bonds. The molecule has 2 rings (SSSR count). The van der Waals surface area contributed by atoms with Crippen LogP contribution in [0.1, 0.15) is 17.3 Å². The molecule has 1 aliphatic rings. The Hall–Kier alpha value is -1.43. The van der Waals surface area contributed by atoms with Gasteiger partial charge in [-0.1, -0.05) is 0 Å². The number of benzene rings is 1. The van der Waals surface area contributed by atoms with Crippen LogP contribution in [-0.2, 0) is 0 Å². The fourth-order valence-corrected chi connectivity index (χ4v) is 2.45. The summed E-state index contributed by atoms with van der Waals surface area (Å²) in [6.45, 7) is 5.41. The van der Waals surface area contributed by atoms with Crippen molar-refractivity contribution in [1.82, 2.24) is 4.90 Å². The standard InChI is InChI=1S/C15H22N2O3/c1-12(19)13-2-4-14(5-3-13)17-8-6-16(7-9-17)10-15(20)11-18/h2-5,15,18,20H,6-11H2,1H3. The van der Waals surface area contributed by atoms with Crippen molar-refractivity contribution in [2.45, 2.75) is 13.0 Å². The number of aliphatic hydroxyl groups excluding tert-OH is 2. The zero-order chi connectivity index (χ0) is 14.5.